The van der Waals surface area contributed by atoms with Gasteiger partial charge in [0.2, 0.25) is 6.79 Å². The molecule has 1 aliphatic heterocycles. The van der Waals surface area contributed by atoms with Gasteiger partial charge in [-0.2, -0.15) is 0 Å². The highest BCUT2D eigenvalue weighted by molar-refractivity contribution is 9.10. The Hall–Kier alpha value is -0.780. The number of fused-ring (bicyclic) bond motifs is 1. The quantitative estimate of drug-likeness (QED) is 0.902. The number of halogens is 1. The second-order valence-electron chi connectivity index (χ2n) is 5.14. The van der Waals surface area contributed by atoms with Gasteiger partial charge in [0, 0.05) is 24.7 Å². The highest BCUT2D eigenvalue weighted by Gasteiger charge is 2.36. The topological polar surface area (TPSA) is 39.7 Å². The monoisotopic (exact) mass is 327 g/mol. The predicted molar refractivity (Wildman–Crippen MR) is 75.6 cm³/mol. The summed E-state index contributed by atoms with van der Waals surface area (Å²) in [4.78, 5) is 0. The summed E-state index contributed by atoms with van der Waals surface area (Å²) in [5.41, 5.74) is 1.23. The zero-order valence-electron chi connectivity index (χ0n) is 11.0. The van der Waals surface area contributed by atoms with Crippen molar-refractivity contribution in [3.63, 3.8) is 0 Å². The average molecular weight is 328 g/mol. The first-order chi connectivity index (χ1) is 9.22. The van der Waals surface area contributed by atoms with Crippen LogP contribution in [0.5, 0.6) is 11.5 Å². The molecular weight excluding hydrogens is 310 g/mol. The van der Waals surface area contributed by atoms with Gasteiger partial charge in [0.15, 0.2) is 11.5 Å². The zero-order chi connectivity index (χ0) is 13.3. The summed E-state index contributed by atoms with van der Waals surface area (Å²) in [5, 5.41) is 3.48. The molecule has 2 aliphatic rings. The van der Waals surface area contributed by atoms with E-state index in [2.05, 4.69) is 21.2 Å². The van der Waals surface area contributed by atoms with Crippen molar-refractivity contribution in [3.8, 4) is 11.5 Å². The number of nitrogens with one attached hydrogen (secondary N) is 1. The van der Waals surface area contributed by atoms with Crippen molar-refractivity contribution in [2.24, 2.45) is 0 Å². The third-order valence-electron chi connectivity index (χ3n) is 4.00. The molecule has 0 unspecified atom stereocenters. The van der Waals surface area contributed by atoms with Crippen LogP contribution in [0.1, 0.15) is 24.8 Å². The van der Waals surface area contributed by atoms with E-state index in [-0.39, 0.29) is 5.60 Å². The van der Waals surface area contributed by atoms with E-state index in [4.69, 9.17) is 14.2 Å². The lowest BCUT2D eigenvalue weighted by atomic mass is 9.80. The predicted octanol–water partition coefficient (Wildman–Crippen LogP) is 2.84. The molecule has 0 amide bonds. The Morgan fingerprint density at radius 2 is 2.05 bits per heavy atom. The zero-order valence-corrected chi connectivity index (χ0v) is 12.6. The molecule has 0 spiro atoms. The second-order valence-corrected chi connectivity index (χ2v) is 6.00. The van der Waals surface area contributed by atoms with Gasteiger partial charge in [0.25, 0.3) is 0 Å². The lowest BCUT2D eigenvalue weighted by molar-refractivity contribution is -0.0695. The van der Waals surface area contributed by atoms with Crippen LogP contribution in [-0.2, 0) is 11.3 Å². The summed E-state index contributed by atoms with van der Waals surface area (Å²) >= 11 is 3.57. The minimum atomic E-state index is 0.0583. The van der Waals surface area contributed by atoms with Gasteiger partial charge in [-0.05, 0) is 37.0 Å². The van der Waals surface area contributed by atoms with Crippen molar-refractivity contribution >= 4 is 15.9 Å². The van der Waals surface area contributed by atoms with Crippen molar-refractivity contribution in [2.45, 2.75) is 31.4 Å². The van der Waals surface area contributed by atoms with Crippen LogP contribution >= 0.6 is 15.9 Å². The van der Waals surface area contributed by atoms with Crippen LogP contribution in [0.2, 0.25) is 0 Å². The number of rotatable bonds is 5. The minimum Gasteiger partial charge on any atom is -0.454 e. The Labute approximate surface area is 121 Å². The molecule has 1 aromatic rings. The number of methoxy groups -OCH3 is 1. The van der Waals surface area contributed by atoms with Gasteiger partial charge in [0.05, 0.1) is 5.60 Å². The van der Waals surface area contributed by atoms with E-state index in [9.17, 15) is 0 Å². The van der Waals surface area contributed by atoms with Gasteiger partial charge in [-0.25, -0.2) is 0 Å². The molecule has 0 radical (unpaired) electrons. The van der Waals surface area contributed by atoms with Crippen molar-refractivity contribution in [2.75, 3.05) is 20.4 Å². The Morgan fingerprint density at radius 1 is 1.32 bits per heavy atom. The Balaban J connectivity index is 1.61. The van der Waals surface area contributed by atoms with Gasteiger partial charge in [-0.3, -0.25) is 0 Å². The third-order valence-corrected chi connectivity index (χ3v) is 4.74. The molecule has 1 aromatic carbocycles. The fourth-order valence-electron chi connectivity index (χ4n) is 2.54. The summed E-state index contributed by atoms with van der Waals surface area (Å²) in [5.74, 6) is 1.63. The van der Waals surface area contributed by atoms with E-state index in [1.807, 2.05) is 12.1 Å². The molecule has 0 bridgehead atoms. The summed E-state index contributed by atoms with van der Waals surface area (Å²) in [6.07, 6.45) is 3.57. The van der Waals surface area contributed by atoms with Crippen molar-refractivity contribution in [3.05, 3.63) is 22.2 Å². The molecule has 0 atom stereocenters. The highest BCUT2D eigenvalue weighted by atomic mass is 79.9. The second kappa shape index (κ2) is 5.31. The van der Waals surface area contributed by atoms with Crippen LogP contribution in [0.25, 0.3) is 0 Å². The maximum Gasteiger partial charge on any atom is 0.231 e. The molecular formula is C14H18BrNO3. The maximum atomic E-state index is 5.60. The minimum absolute atomic E-state index is 0.0583. The van der Waals surface area contributed by atoms with E-state index >= 15 is 0 Å². The van der Waals surface area contributed by atoms with E-state index in [0.29, 0.717) is 6.79 Å². The molecule has 4 nitrogen and oxygen atoms in total. The van der Waals surface area contributed by atoms with E-state index in [1.54, 1.807) is 7.11 Å². The summed E-state index contributed by atoms with van der Waals surface area (Å²) < 4.78 is 17.4. The van der Waals surface area contributed by atoms with Crippen molar-refractivity contribution < 1.29 is 14.2 Å². The van der Waals surface area contributed by atoms with Crippen LogP contribution in [0, 0.1) is 0 Å². The van der Waals surface area contributed by atoms with Gasteiger partial charge in [0.1, 0.15) is 0 Å². The van der Waals surface area contributed by atoms with Crippen LogP contribution in [0.15, 0.2) is 16.6 Å². The maximum absolute atomic E-state index is 5.60. The van der Waals surface area contributed by atoms with Crippen molar-refractivity contribution in [1.82, 2.24) is 5.32 Å². The molecule has 1 fully saturated rings. The van der Waals surface area contributed by atoms with E-state index in [1.165, 1.54) is 12.0 Å². The lowest BCUT2D eigenvalue weighted by Crippen LogP contribution is -2.47. The summed E-state index contributed by atoms with van der Waals surface area (Å²) in [6.45, 7) is 2.00. The molecule has 0 saturated heterocycles. The molecule has 1 N–H and O–H groups in total. The van der Waals surface area contributed by atoms with Gasteiger partial charge < -0.3 is 19.5 Å². The Kier molecular flexibility index (Phi) is 3.69. The van der Waals surface area contributed by atoms with Crippen LogP contribution < -0.4 is 14.8 Å². The lowest BCUT2D eigenvalue weighted by Gasteiger charge is -2.40. The number of ether oxygens (including phenoxy) is 3. The molecule has 1 saturated carbocycles. The molecule has 3 rings (SSSR count). The van der Waals surface area contributed by atoms with Gasteiger partial charge in [-0.1, -0.05) is 15.9 Å². The van der Waals surface area contributed by atoms with Crippen LogP contribution in [0.4, 0.5) is 0 Å². The van der Waals surface area contributed by atoms with E-state index < -0.39 is 0 Å². The number of hydrogen-bond acceptors (Lipinski definition) is 4. The average Bonchev–Trinajstić information content (AvgIpc) is 2.79. The molecule has 104 valence electrons. The Bertz CT molecular complexity index is 468. The molecule has 5 heteroatoms. The molecule has 19 heavy (non-hydrogen) atoms. The molecule has 1 aliphatic carbocycles. The Morgan fingerprint density at radius 3 is 2.68 bits per heavy atom. The van der Waals surface area contributed by atoms with Gasteiger partial charge in [-0.15, -0.1) is 0 Å². The van der Waals surface area contributed by atoms with Crippen molar-refractivity contribution in [1.29, 1.82) is 0 Å². The fourth-order valence-corrected chi connectivity index (χ4v) is 3.01. The van der Waals surface area contributed by atoms with Gasteiger partial charge >= 0.3 is 0 Å². The van der Waals surface area contributed by atoms with E-state index in [0.717, 1.165) is 41.9 Å². The molecule has 1 heterocycles. The SMILES string of the molecule is COC1(CNCc2cc3c(cc2Br)OCO3)CCC1. The summed E-state index contributed by atoms with van der Waals surface area (Å²) in [7, 11) is 1.80. The first kappa shape index (κ1) is 13.2. The summed E-state index contributed by atoms with van der Waals surface area (Å²) in [6, 6.07) is 3.99. The molecule has 0 aromatic heterocycles. The first-order valence-electron chi connectivity index (χ1n) is 6.56. The van der Waals surface area contributed by atoms with Crippen LogP contribution in [-0.4, -0.2) is 26.0 Å². The first-order valence-corrected chi connectivity index (χ1v) is 7.36. The smallest absolute Gasteiger partial charge is 0.231 e. The fraction of sp³-hybridized carbons (Fsp3) is 0.571. The highest BCUT2D eigenvalue weighted by Crippen LogP contribution is 2.37. The third kappa shape index (κ3) is 2.59. The normalized spacial score (nSPS) is 19.3. The number of benzene rings is 1. The standard InChI is InChI=1S/C14H18BrNO3/c1-17-14(3-2-4-14)8-16-7-10-5-12-13(6-11(10)15)19-9-18-12/h5-6,16H,2-4,7-9H2,1H3. The van der Waals surface area contributed by atoms with Crippen LogP contribution in [0.3, 0.4) is 0 Å². The number of hydrogen-bond donors (Lipinski definition) is 1. The largest absolute Gasteiger partial charge is 0.454 e.